The number of aromatic nitrogens is 2. The summed E-state index contributed by atoms with van der Waals surface area (Å²) in [5.41, 5.74) is 0. The maximum Gasteiger partial charge on any atom is 0.228 e. The molecule has 0 radical (unpaired) electrons. The number of anilines is 1. The fourth-order valence-electron chi connectivity index (χ4n) is 2.29. The Hall–Kier alpha value is -1.36. The van der Waals surface area contributed by atoms with Crippen LogP contribution in [0.25, 0.3) is 0 Å². The molecular weight excluding hydrogens is 228 g/mol. The molecule has 5 nitrogen and oxygen atoms in total. The molecular formula is C13H22N4O. The van der Waals surface area contributed by atoms with Crippen LogP contribution in [-0.4, -0.2) is 28.3 Å². The van der Waals surface area contributed by atoms with E-state index in [4.69, 9.17) is 0 Å². The van der Waals surface area contributed by atoms with Gasteiger partial charge in [0.1, 0.15) is 0 Å². The molecule has 0 aliphatic carbocycles. The number of hydrogen-bond acceptors (Lipinski definition) is 3. The van der Waals surface area contributed by atoms with E-state index in [1.54, 1.807) is 0 Å². The van der Waals surface area contributed by atoms with Crippen LogP contribution in [0.15, 0.2) is 12.3 Å². The molecule has 1 aliphatic rings. The zero-order chi connectivity index (χ0) is 13.1. The van der Waals surface area contributed by atoms with Gasteiger partial charge >= 0.3 is 0 Å². The van der Waals surface area contributed by atoms with Crippen molar-refractivity contribution >= 4 is 11.7 Å². The van der Waals surface area contributed by atoms with E-state index in [1.165, 1.54) is 0 Å². The second kappa shape index (κ2) is 5.52. The number of rotatable bonds is 3. The van der Waals surface area contributed by atoms with Gasteiger partial charge in [0.25, 0.3) is 0 Å². The quantitative estimate of drug-likeness (QED) is 0.860. The summed E-state index contributed by atoms with van der Waals surface area (Å²) in [6.07, 6.45) is 3.70. The van der Waals surface area contributed by atoms with Gasteiger partial charge < -0.3 is 10.6 Å². The summed E-state index contributed by atoms with van der Waals surface area (Å²) in [5, 5.41) is 10.6. The topological polar surface area (TPSA) is 59.0 Å². The van der Waals surface area contributed by atoms with Crippen LogP contribution in [0.2, 0.25) is 0 Å². The van der Waals surface area contributed by atoms with Gasteiger partial charge in [0.2, 0.25) is 5.91 Å². The second-order valence-electron chi connectivity index (χ2n) is 5.34. The maximum absolute atomic E-state index is 12.1. The van der Waals surface area contributed by atoms with E-state index >= 15 is 0 Å². The lowest BCUT2D eigenvalue weighted by Gasteiger charge is -2.26. The Morgan fingerprint density at radius 2 is 2.39 bits per heavy atom. The van der Waals surface area contributed by atoms with Gasteiger partial charge in [0.05, 0.1) is 0 Å². The fraction of sp³-hybridized carbons (Fsp3) is 0.692. The highest BCUT2D eigenvalue weighted by molar-refractivity contribution is 5.91. The summed E-state index contributed by atoms with van der Waals surface area (Å²) in [5.74, 6) is 0.850. The molecule has 0 saturated carbocycles. The van der Waals surface area contributed by atoms with Crippen LogP contribution in [-0.2, 0) is 4.79 Å². The number of piperidine rings is 1. The minimum absolute atomic E-state index is 0.0948. The van der Waals surface area contributed by atoms with Crippen molar-refractivity contribution in [2.24, 2.45) is 5.92 Å². The molecule has 0 aromatic carbocycles. The minimum Gasteiger partial charge on any atom is -0.314 e. The normalized spacial score (nSPS) is 24.2. The lowest BCUT2D eigenvalue weighted by molar-refractivity contribution is -0.120. The number of nitrogens with zero attached hydrogens (tertiary/aromatic N) is 2. The first kappa shape index (κ1) is 13.1. The summed E-state index contributed by atoms with van der Waals surface area (Å²) in [6.45, 7) is 7.16. The third-order valence-corrected chi connectivity index (χ3v) is 3.38. The molecule has 2 rings (SSSR count). The van der Waals surface area contributed by atoms with Crippen LogP contribution in [0, 0.1) is 5.92 Å². The van der Waals surface area contributed by atoms with Crippen LogP contribution < -0.4 is 10.6 Å². The number of nitrogens with one attached hydrogen (secondary N) is 2. The number of carbonyl (C=O) groups excluding carboxylic acids is 1. The predicted molar refractivity (Wildman–Crippen MR) is 71.4 cm³/mol. The van der Waals surface area contributed by atoms with Crippen molar-refractivity contribution in [2.75, 3.05) is 11.9 Å². The van der Waals surface area contributed by atoms with E-state index in [-0.39, 0.29) is 11.8 Å². The van der Waals surface area contributed by atoms with Gasteiger partial charge in [0, 0.05) is 30.3 Å². The average Bonchev–Trinajstić information content (AvgIpc) is 2.77. The molecule has 1 aromatic rings. The van der Waals surface area contributed by atoms with Crippen LogP contribution in [0.4, 0.5) is 5.82 Å². The Kier molecular flexibility index (Phi) is 4.01. The summed E-state index contributed by atoms with van der Waals surface area (Å²) in [4.78, 5) is 12.1. The van der Waals surface area contributed by atoms with Gasteiger partial charge in [-0.15, -0.1) is 0 Å². The zero-order valence-electron chi connectivity index (χ0n) is 11.3. The van der Waals surface area contributed by atoms with E-state index in [0.29, 0.717) is 17.9 Å². The lowest BCUT2D eigenvalue weighted by Crippen LogP contribution is -2.40. The van der Waals surface area contributed by atoms with Gasteiger partial charge in [-0.25, -0.2) is 0 Å². The largest absolute Gasteiger partial charge is 0.314 e. The molecule has 0 bridgehead atoms. The van der Waals surface area contributed by atoms with Crippen molar-refractivity contribution in [1.29, 1.82) is 0 Å². The van der Waals surface area contributed by atoms with Gasteiger partial charge in [-0.2, -0.15) is 5.10 Å². The summed E-state index contributed by atoms with van der Waals surface area (Å²) in [6, 6.07) is 2.58. The van der Waals surface area contributed by atoms with Crippen molar-refractivity contribution < 1.29 is 4.79 Å². The standard InChI is InChI=1S/C13H22N4O/c1-9(2)17-7-5-12(16-17)15-13(18)11-4-6-14-10(3)8-11/h5,7,9-11,14H,4,6,8H2,1-3H3,(H,15,16,18). The molecule has 0 spiro atoms. The Bertz CT molecular complexity index is 413. The molecule has 2 heterocycles. The molecule has 5 heteroatoms. The van der Waals surface area contributed by atoms with E-state index in [2.05, 4.69) is 36.5 Å². The predicted octanol–water partition coefficient (Wildman–Crippen LogP) is 1.79. The van der Waals surface area contributed by atoms with Crippen molar-refractivity contribution in [3.8, 4) is 0 Å². The van der Waals surface area contributed by atoms with Crippen LogP contribution in [0.3, 0.4) is 0 Å². The van der Waals surface area contributed by atoms with Gasteiger partial charge in [-0.05, 0) is 40.2 Å². The second-order valence-corrected chi connectivity index (χ2v) is 5.34. The first-order valence-electron chi connectivity index (χ1n) is 6.65. The van der Waals surface area contributed by atoms with Crippen molar-refractivity contribution in [1.82, 2.24) is 15.1 Å². The van der Waals surface area contributed by atoms with E-state index in [9.17, 15) is 4.79 Å². The highest BCUT2D eigenvalue weighted by atomic mass is 16.2. The third kappa shape index (κ3) is 3.10. The Balaban J connectivity index is 1.93. The molecule has 1 amide bonds. The van der Waals surface area contributed by atoms with E-state index in [1.807, 2.05) is 16.9 Å². The summed E-state index contributed by atoms with van der Waals surface area (Å²) < 4.78 is 1.85. The molecule has 100 valence electrons. The zero-order valence-corrected chi connectivity index (χ0v) is 11.3. The molecule has 1 saturated heterocycles. The monoisotopic (exact) mass is 250 g/mol. The number of hydrogen-bond donors (Lipinski definition) is 2. The summed E-state index contributed by atoms with van der Waals surface area (Å²) in [7, 11) is 0. The first-order valence-corrected chi connectivity index (χ1v) is 6.65. The van der Waals surface area contributed by atoms with Crippen LogP contribution in [0.1, 0.15) is 39.7 Å². The number of carbonyl (C=O) groups is 1. The third-order valence-electron chi connectivity index (χ3n) is 3.38. The summed E-state index contributed by atoms with van der Waals surface area (Å²) >= 11 is 0. The Morgan fingerprint density at radius 3 is 3.00 bits per heavy atom. The van der Waals surface area contributed by atoms with Crippen molar-refractivity contribution in [3.05, 3.63) is 12.3 Å². The molecule has 2 atom stereocenters. The molecule has 1 aliphatic heterocycles. The number of amides is 1. The maximum atomic E-state index is 12.1. The van der Waals surface area contributed by atoms with Crippen molar-refractivity contribution in [3.63, 3.8) is 0 Å². The van der Waals surface area contributed by atoms with E-state index < -0.39 is 0 Å². The first-order chi connectivity index (χ1) is 8.56. The van der Waals surface area contributed by atoms with Gasteiger partial charge in [-0.1, -0.05) is 0 Å². The SMILES string of the molecule is CC1CC(C(=O)Nc2ccn(C(C)C)n2)CCN1. The van der Waals surface area contributed by atoms with Crippen LogP contribution in [0.5, 0.6) is 0 Å². The van der Waals surface area contributed by atoms with Gasteiger partial charge in [0.15, 0.2) is 5.82 Å². The molecule has 18 heavy (non-hydrogen) atoms. The molecule has 2 N–H and O–H groups in total. The van der Waals surface area contributed by atoms with Crippen molar-refractivity contribution in [2.45, 2.75) is 45.7 Å². The Labute approximate surface area is 108 Å². The lowest BCUT2D eigenvalue weighted by atomic mass is 9.92. The molecule has 2 unspecified atom stereocenters. The fourth-order valence-corrected chi connectivity index (χ4v) is 2.29. The van der Waals surface area contributed by atoms with Crippen LogP contribution >= 0.6 is 0 Å². The highest BCUT2D eigenvalue weighted by Crippen LogP contribution is 2.18. The highest BCUT2D eigenvalue weighted by Gasteiger charge is 2.25. The molecule has 1 aromatic heterocycles. The Morgan fingerprint density at radius 1 is 1.61 bits per heavy atom. The average molecular weight is 250 g/mol. The smallest absolute Gasteiger partial charge is 0.228 e. The minimum atomic E-state index is 0.0948. The molecule has 1 fully saturated rings. The van der Waals surface area contributed by atoms with Gasteiger partial charge in [-0.3, -0.25) is 9.48 Å². The van der Waals surface area contributed by atoms with E-state index in [0.717, 1.165) is 19.4 Å².